The van der Waals surface area contributed by atoms with Crippen LogP contribution >= 0.6 is 0 Å². The fourth-order valence-electron chi connectivity index (χ4n) is 3.45. The molecule has 0 spiro atoms. The quantitative estimate of drug-likeness (QED) is 0.724. The van der Waals surface area contributed by atoms with Crippen molar-refractivity contribution in [2.45, 2.75) is 44.8 Å². The first kappa shape index (κ1) is 20.9. The van der Waals surface area contributed by atoms with Gasteiger partial charge in [0, 0.05) is 23.7 Å². The summed E-state index contributed by atoms with van der Waals surface area (Å²) in [4.78, 5) is 24.5. The SMILES string of the molecule is O=C(Nc1cccc(C(F)(F)F)c1)c1ccc(CNC(=O)C2CCCCC2)cc1. The maximum absolute atomic E-state index is 12.8. The summed E-state index contributed by atoms with van der Waals surface area (Å²) in [5.41, 5.74) is 0.433. The minimum absolute atomic E-state index is 0.0658. The molecule has 3 rings (SSSR count). The van der Waals surface area contributed by atoms with E-state index in [2.05, 4.69) is 10.6 Å². The zero-order chi connectivity index (χ0) is 20.9. The lowest BCUT2D eigenvalue weighted by atomic mass is 9.88. The van der Waals surface area contributed by atoms with Crippen LogP contribution < -0.4 is 10.6 Å². The molecular formula is C22H23F3N2O2. The van der Waals surface area contributed by atoms with Gasteiger partial charge in [0.05, 0.1) is 5.56 Å². The van der Waals surface area contributed by atoms with E-state index < -0.39 is 17.6 Å². The average Bonchev–Trinajstić information content (AvgIpc) is 2.72. The number of hydrogen-bond donors (Lipinski definition) is 2. The van der Waals surface area contributed by atoms with Crippen molar-refractivity contribution in [2.24, 2.45) is 5.92 Å². The standard InChI is InChI=1S/C22H23F3N2O2/c23-22(24,25)18-7-4-8-19(13-18)27-21(29)17-11-9-15(10-12-17)14-26-20(28)16-5-2-1-3-6-16/h4,7-13,16H,1-3,5-6,14H2,(H,26,28)(H,27,29). The van der Waals surface area contributed by atoms with E-state index in [-0.39, 0.29) is 17.5 Å². The highest BCUT2D eigenvalue weighted by atomic mass is 19.4. The lowest BCUT2D eigenvalue weighted by Gasteiger charge is -2.20. The van der Waals surface area contributed by atoms with Gasteiger partial charge in [0.25, 0.3) is 5.91 Å². The highest BCUT2D eigenvalue weighted by Gasteiger charge is 2.30. The number of amides is 2. The van der Waals surface area contributed by atoms with Crippen molar-refractivity contribution in [1.29, 1.82) is 0 Å². The largest absolute Gasteiger partial charge is 0.416 e. The van der Waals surface area contributed by atoms with Gasteiger partial charge in [0.1, 0.15) is 0 Å². The Balaban J connectivity index is 1.55. The van der Waals surface area contributed by atoms with Gasteiger partial charge in [-0.3, -0.25) is 9.59 Å². The molecule has 0 atom stereocenters. The fraction of sp³-hybridized carbons (Fsp3) is 0.364. The van der Waals surface area contributed by atoms with E-state index in [1.807, 2.05) is 0 Å². The summed E-state index contributed by atoms with van der Waals surface area (Å²) in [6, 6.07) is 11.1. The number of anilines is 1. The van der Waals surface area contributed by atoms with Crippen molar-refractivity contribution < 1.29 is 22.8 Å². The molecule has 0 unspecified atom stereocenters. The number of hydrogen-bond acceptors (Lipinski definition) is 2. The number of rotatable bonds is 5. The summed E-state index contributed by atoms with van der Waals surface area (Å²) in [7, 11) is 0. The third-order valence-electron chi connectivity index (χ3n) is 5.11. The van der Waals surface area contributed by atoms with E-state index >= 15 is 0 Å². The van der Waals surface area contributed by atoms with Crippen molar-refractivity contribution in [3.63, 3.8) is 0 Å². The molecule has 2 amide bonds. The molecule has 0 aliphatic heterocycles. The molecule has 0 heterocycles. The van der Waals surface area contributed by atoms with Crippen molar-refractivity contribution in [3.05, 3.63) is 65.2 Å². The van der Waals surface area contributed by atoms with Gasteiger partial charge in [-0.25, -0.2) is 0 Å². The molecule has 0 aromatic heterocycles. The minimum Gasteiger partial charge on any atom is -0.352 e. The average molecular weight is 404 g/mol. The van der Waals surface area contributed by atoms with Gasteiger partial charge in [0.15, 0.2) is 0 Å². The molecule has 1 saturated carbocycles. The molecule has 7 heteroatoms. The van der Waals surface area contributed by atoms with Gasteiger partial charge in [-0.05, 0) is 48.7 Å². The number of carbonyl (C=O) groups is 2. The third-order valence-corrected chi connectivity index (χ3v) is 5.11. The second kappa shape index (κ2) is 9.11. The van der Waals surface area contributed by atoms with Crippen LogP contribution in [-0.2, 0) is 17.5 Å². The minimum atomic E-state index is -4.47. The molecule has 1 aliphatic rings. The van der Waals surface area contributed by atoms with E-state index in [1.54, 1.807) is 24.3 Å². The Labute approximate surface area is 167 Å². The Morgan fingerprint density at radius 2 is 1.66 bits per heavy atom. The molecule has 0 saturated heterocycles. The van der Waals surface area contributed by atoms with Gasteiger partial charge in [0.2, 0.25) is 5.91 Å². The summed E-state index contributed by atoms with van der Waals surface area (Å²) in [6.07, 6.45) is 0.765. The predicted molar refractivity (Wildman–Crippen MR) is 104 cm³/mol. The predicted octanol–water partition coefficient (Wildman–Crippen LogP) is 5.15. The van der Waals surface area contributed by atoms with Crippen LogP contribution in [0.1, 0.15) is 53.6 Å². The zero-order valence-corrected chi connectivity index (χ0v) is 15.9. The molecule has 2 aromatic carbocycles. The smallest absolute Gasteiger partial charge is 0.352 e. The van der Waals surface area contributed by atoms with E-state index in [0.29, 0.717) is 12.1 Å². The monoisotopic (exact) mass is 404 g/mol. The Morgan fingerprint density at radius 3 is 2.31 bits per heavy atom. The van der Waals surface area contributed by atoms with Crippen LogP contribution in [0, 0.1) is 5.92 Å². The molecule has 4 nitrogen and oxygen atoms in total. The summed E-state index contributed by atoms with van der Waals surface area (Å²) < 4.78 is 38.3. The van der Waals surface area contributed by atoms with Crippen LogP contribution in [0.2, 0.25) is 0 Å². The second-order valence-electron chi connectivity index (χ2n) is 7.28. The normalized spacial score (nSPS) is 15.0. The van der Waals surface area contributed by atoms with Gasteiger partial charge >= 0.3 is 6.18 Å². The van der Waals surface area contributed by atoms with Crippen molar-refractivity contribution in [2.75, 3.05) is 5.32 Å². The zero-order valence-electron chi connectivity index (χ0n) is 15.9. The molecule has 29 heavy (non-hydrogen) atoms. The maximum Gasteiger partial charge on any atom is 0.416 e. The Hall–Kier alpha value is -2.83. The topological polar surface area (TPSA) is 58.2 Å². The summed E-state index contributed by atoms with van der Waals surface area (Å²) >= 11 is 0. The van der Waals surface area contributed by atoms with Gasteiger partial charge < -0.3 is 10.6 Å². The molecule has 154 valence electrons. The van der Waals surface area contributed by atoms with Crippen molar-refractivity contribution in [1.82, 2.24) is 5.32 Å². The Kier molecular flexibility index (Phi) is 6.56. The van der Waals surface area contributed by atoms with Crippen LogP contribution in [0.4, 0.5) is 18.9 Å². The molecule has 0 radical (unpaired) electrons. The molecule has 1 fully saturated rings. The van der Waals surface area contributed by atoms with Crippen molar-refractivity contribution >= 4 is 17.5 Å². The van der Waals surface area contributed by atoms with Crippen LogP contribution in [-0.4, -0.2) is 11.8 Å². The number of carbonyl (C=O) groups excluding carboxylic acids is 2. The van der Waals surface area contributed by atoms with E-state index in [0.717, 1.165) is 43.4 Å². The molecule has 2 aromatic rings. The van der Waals surface area contributed by atoms with Gasteiger partial charge in [-0.1, -0.05) is 37.5 Å². The number of alkyl halides is 3. The first-order chi connectivity index (χ1) is 13.8. The van der Waals surface area contributed by atoms with Crippen LogP contribution in [0.15, 0.2) is 48.5 Å². The molecule has 2 N–H and O–H groups in total. The summed E-state index contributed by atoms with van der Waals surface area (Å²) in [5.74, 6) is -0.348. The molecular weight excluding hydrogens is 381 g/mol. The number of halogens is 3. The van der Waals surface area contributed by atoms with E-state index in [1.165, 1.54) is 18.6 Å². The highest BCUT2D eigenvalue weighted by Crippen LogP contribution is 2.30. The second-order valence-corrected chi connectivity index (χ2v) is 7.28. The van der Waals surface area contributed by atoms with E-state index in [9.17, 15) is 22.8 Å². The third kappa shape index (κ3) is 5.82. The van der Waals surface area contributed by atoms with Gasteiger partial charge in [-0.2, -0.15) is 13.2 Å². The summed E-state index contributed by atoms with van der Waals surface area (Å²) in [5, 5.41) is 5.41. The molecule has 1 aliphatic carbocycles. The lowest BCUT2D eigenvalue weighted by Crippen LogP contribution is -2.31. The Bertz CT molecular complexity index is 857. The summed E-state index contributed by atoms with van der Waals surface area (Å²) in [6.45, 7) is 0.380. The first-order valence-electron chi connectivity index (χ1n) is 9.68. The highest BCUT2D eigenvalue weighted by molar-refractivity contribution is 6.04. The van der Waals surface area contributed by atoms with E-state index in [4.69, 9.17) is 0 Å². The fourth-order valence-corrected chi connectivity index (χ4v) is 3.45. The first-order valence-corrected chi connectivity index (χ1v) is 9.68. The van der Waals surface area contributed by atoms with Crippen molar-refractivity contribution in [3.8, 4) is 0 Å². The van der Waals surface area contributed by atoms with Crippen LogP contribution in [0.25, 0.3) is 0 Å². The maximum atomic E-state index is 12.8. The molecule has 0 bridgehead atoms. The van der Waals surface area contributed by atoms with Crippen LogP contribution in [0.3, 0.4) is 0 Å². The lowest BCUT2D eigenvalue weighted by molar-refractivity contribution is -0.137. The van der Waals surface area contributed by atoms with Gasteiger partial charge in [-0.15, -0.1) is 0 Å². The number of nitrogens with one attached hydrogen (secondary N) is 2. The number of benzene rings is 2. The van der Waals surface area contributed by atoms with Crippen LogP contribution in [0.5, 0.6) is 0 Å². The Morgan fingerprint density at radius 1 is 0.966 bits per heavy atom.